The number of hydrogen-bond donors (Lipinski definition) is 0. The van der Waals surface area contributed by atoms with E-state index in [4.69, 9.17) is 0 Å². The van der Waals surface area contributed by atoms with Gasteiger partial charge in [0.25, 0.3) is 0 Å². The summed E-state index contributed by atoms with van der Waals surface area (Å²) in [6.45, 7) is 0. The van der Waals surface area contributed by atoms with Crippen molar-refractivity contribution in [1.29, 1.82) is 0 Å². The maximum absolute atomic E-state index is 11.7. The van der Waals surface area contributed by atoms with Gasteiger partial charge in [-0.15, -0.1) is 23.1 Å². The van der Waals surface area contributed by atoms with Gasteiger partial charge in [0.05, 0.1) is 10.6 Å². The van der Waals surface area contributed by atoms with Crippen molar-refractivity contribution in [2.75, 3.05) is 5.75 Å². The molecule has 15 heavy (non-hydrogen) atoms. The molecule has 0 aliphatic heterocycles. The van der Waals surface area contributed by atoms with E-state index in [0.29, 0.717) is 5.75 Å². The van der Waals surface area contributed by atoms with E-state index < -0.39 is 0 Å². The number of Topliss-reactive ketones (excluding diaryl/α,β-unsaturated/α-hetero) is 1. The molecule has 0 fully saturated rings. The standard InChI is InChI=1S/C12H10OS2/c13-11(12-7-4-8-14-12)9-15-10-5-2-1-3-6-10/h1-8H,9H2. The van der Waals surface area contributed by atoms with Crippen LogP contribution in [0.4, 0.5) is 0 Å². The summed E-state index contributed by atoms with van der Waals surface area (Å²) in [4.78, 5) is 13.7. The zero-order valence-electron chi connectivity index (χ0n) is 8.05. The largest absolute Gasteiger partial charge is 0.292 e. The van der Waals surface area contributed by atoms with Crippen LogP contribution in [0.1, 0.15) is 9.67 Å². The van der Waals surface area contributed by atoms with Gasteiger partial charge in [0.15, 0.2) is 5.78 Å². The molecule has 1 nitrogen and oxygen atoms in total. The molecule has 0 aliphatic rings. The third kappa shape index (κ3) is 2.94. The Bertz CT molecular complexity index is 420. The molecule has 0 saturated carbocycles. The Morgan fingerprint density at radius 3 is 2.60 bits per heavy atom. The Balaban J connectivity index is 1.92. The first-order valence-electron chi connectivity index (χ1n) is 4.61. The van der Waals surface area contributed by atoms with E-state index >= 15 is 0 Å². The SMILES string of the molecule is O=C(CSc1ccccc1)c1cccs1. The Morgan fingerprint density at radius 2 is 1.93 bits per heavy atom. The minimum Gasteiger partial charge on any atom is -0.292 e. The summed E-state index contributed by atoms with van der Waals surface area (Å²) in [6.07, 6.45) is 0. The quantitative estimate of drug-likeness (QED) is 0.592. The maximum atomic E-state index is 11.7. The fourth-order valence-corrected chi connectivity index (χ4v) is 2.73. The fraction of sp³-hybridized carbons (Fsp3) is 0.0833. The van der Waals surface area contributed by atoms with Crippen LogP contribution >= 0.6 is 23.1 Å². The van der Waals surface area contributed by atoms with E-state index in [2.05, 4.69) is 0 Å². The molecule has 1 heterocycles. The van der Waals surface area contributed by atoms with E-state index in [1.54, 1.807) is 11.8 Å². The van der Waals surface area contributed by atoms with Crippen LogP contribution in [-0.2, 0) is 0 Å². The number of benzene rings is 1. The highest BCUT2D eigenvalue weighted by molar-refractivity contribution is 8.00. The van der Waals surface area contributed by atoms with Crippen molar-refractivity contribution in [3.8, 4) is 0 Å². The summed E-state index contributed by atoms with van der Waals surface area (Å²) < 4.78 is 0. The Labute approximate surface area is 97.1 Å². The molecule has 0 spiro atoms. The molecular weight excluding hydrogens is 224 g/mol. The minimum atomic E-state index is 0.207. The Kier molecular flexibility index (Phi) is 3.59. The smallest absolute Gasteiger partial charge is 0.182 e. The van der Waals surface area contributed by atoms with Crippen LogP contribution in [0.25, 0.3) is 0 Å². The fourth-order valence-electron chi connectivity index (χ4n) is 1.17. The molecule has 0 aliphatic carbocycles. The lowest BCUT2D eigenvalue weighted by molar-refractivity contribution is 0.102. The van der Waals surface area contributed by atoms with Crippen LogP contribution in [0, 0.1) is 0 Å². The van der Waals surface area contributed by atoms with Gasteiger partial charge in [0.1, 0.15) is 0 Å². The van der Waals surface area contributed by atoms with Crippen molar-refractivity contribution in [2.24, 2.45) is 0 Å². The van der Waals surface area contributed by atoms with E-state index in [1.165, 1.54) is 11.3 Å². The van der Waals surface area contributed by atoms with Crippen molar-refractivity contribution in [3.05, 3.63) is 52.7 Å². The zero-order valence-corrected chi connectivity index (χ0v) is 9.68. The Hall–Kier alpha value is -1.06. The van der Waals surface area contributed by atoms with Gasteiger partial charge < -0.3 is 0 Å². The molecule has 76 valence electrons. The normalized spacial score (nSPS) is 10.1. The first-order chi connectivity index (χ1) is 7.36. The van der Waals surface area contributed by atoms with E-state index in [-0.39, 0.29) is 5.78 Å². The number of carbonyl (C=O) groups is 1. The minimum absolute atomic E-state index is 0.207. The molecule has 0 atom stereocenters. The monoisotopic (exact) mass is 234 g/mol. The molecule has 1 aromatic heterocycles. The number of thioether (sulfide) groups is 1. The van der Waals surface area contributed by atoms with Crippen LogP contribution in [0.5, 0.6) is 0 Å². The molecule has 2 rings (SSSR count). The molecule has 1 aromatic carbocycles. The van der Waals surface area contributed by atoms with E-state index in [9.17, 15) is 4.79 Å². The van der Waals surface area contributed by atoms with Gasteiger partial charge in [0.2, 0.25) is 0 Å². The second-order valence-corrected chi connectivity index (χ2v) is 5.00. The highest BCUT2D eigenvalue weighted by atomic mass is 32.2. The van der Waals surface area contributed by atoms with Crippen molar-refractivity contribution < 1.29 is 4.79 Å². The van der Waals surface area contributed by atoms with Crippen molar-refractivity contribution in [2.45, 2.75) is 4.90 Å². The second kappa shape index (κ2) is 5.14. The predicted molar refractivity (Wildman–Crippen MR) is 65.8 cm³/mol. The maximum Gasteiger partial charge on any atom is 0.182 e. The molecule has 0 amide bonds. The highest BCUT2D eigenvalue weighted by Gasteiger charge is 2.06. The topological polar surface area (TPSA) is 17.1 Å². The van der Waals surface area contributed by atoms with Crippen LogP contribution in [-0.4, -0.2) is 11.5 Å². The summed E-state index contributed by atoms with van der Waals surface area (Å²) in [6, 6.07) is 13.8. The second-order valence-electron chi connectivity index (χ2n) is 3.00. The third-order valence-corrected chi connectivity index (χ3v) is 3.83. The summed E-state index contributed by atoms with van der Waals surface area (Å²) in [7, 11) is 0. The predicted octanol–water partition coefficient (Wildman–Crippen LogP) is 3.72. The third-order valence-electron chi connectivity index (χ3n) is 1.91. The average molecular weight is 234 g/mol. The number of hydrogen-bond acceptors (Lipinski definition) is 3. The van der Waals surface area contributed by atoms with Crippen LogP contribution in [0.15, 0.2) is 52.7 Å². The molecule has 0 saturated heterocycles. The molecule has 0 radical (unpaired) electrons. The molecule has 2 aromatic rings. The molecule has 0 unspecified atom stereocenters. The lowest BCUT2D eigenvalue weighted by Crippen LogP contribution is -1.98. The number of ketones is 1. The number of thiophene rings is 1. The summed E-state index contributed by atoms with van der Waals surface area (Å²) in [5.74, 6) is 0.726. The van der Waals surface area contributed by atoms with Gasteiger partial charge >= 0.3 is 0 Å². The first-order valence-corrected chi connectivity index (χ1v) is 6.47. The van der Waals surface area contributed by atoms with E-state index in [0.717, 1.165) is 9.77 Å². The summed E-state index contributed by atoms with van der Waals surface area (Å²) >= 11 is 3.09. The number of carbonyl (C=O) groups excluding carboxylic acids is 1. The van der Waals surface area contributed by atoms with Crippen molar-refractivity contribution in [3.63, 3.8) is 0 Å². The van der Waals surface area contributed by atoms with E-state index in [1.807, 2.05) is 47.8 Å². The lowest BCUT2D eigenvalue weighted by Gasteiger charge is -1.98. The average Bonchev–Trinajstić information content (AvgIpc) is 2.81. The summed E-state index contributed by atoms with van der Waals surface area (Å²) in [5.41, 5.74) is 0. The molecular formula is C12H10OS2. The van der Waals surface area contributed by atoms with Gasteiger partial charge in [-0.3, -0.25) is 4.79 Å². The van der Waals surface area contributed by atoms with Crippen molar-refractivity contribution in [1.82, 2.24) is 0 Å². The molecule has 3 heteroatoms. The van der Waals surface area contributed by atoms with Crippen LogP contribution in [0.3, 0.4) is 0 Å². The van der Waals surface area contributed by atoms with Crippen LogP contribution < -0.4 is 0 Å². The van der Waals surface area contributed by atoms with Gasteiger partial charge in [-0.05, 0) is 23.6 Å². The molecule has 0 N–H and O–H groups in total. The van der Waals surface area contributed by atoms with Gasteiger partial charge in [-0.1, -0.05) is 24.3 Å². The summed E-state index contributed by atoms with van der Waals surface area (Å²) in [5, 5.41) is 1.93. The Morgan fingerprint density at radius 1 is 1.13 bits per heavy atom. The zero-order chi connectivity index (χ0) is 10.5. The van der Waals surface area contributed by atoms with Crippen LogP contribution in [0.2, 0.25) is 0 Å². The number of rotatable bonds is 4. The highest BCUT2D eigenvalue weighted by Crippen LogP contribution is 2.19. The first kappa shape index (κ1) is 10.5. The van der Waals surface area contributed by atoms with Gasteiger partial charge in [-0.2, -0.15) is 0 Å². The van der Waals surface area contributed by atoms with Crippen molar-refractivity contribution >= 4 is 28.9 Å². The van der Waals surface area contributed by atoms with Gasteiger partial charge in [-0.25, -0.2) is 0 Å². The van der Waals surface area contributed by atoms with Gasteiger partial charge in [0, 0.05) is 4.90 Å². The lowest BCUT2D eigenvalue weighted by atomic mass is 10.3. The molecule has 0 bridgehead atoms.